The third-order valence-corrected chi connectivity index (χ3v) is 5.49. The molecule has 2 aromatic rings. The molecule has 1 saturated heterocycles. The molecule has 0 saturated carbocycles. The Bertz CT molecular complexity index is 820. The summed E-state index contributed by atoms with van der Waals surface area (Å²) in [6.45, 7) is 2.31. The molecule has 3 rings (SSSR count). The number of amides is 2. The van der Waals surface area contributed by atoms with Crippen LogP contribution in [0.3, 0.4) is 0 Å². The van der Waals surface area contributed by atoms with Gasteiger partial charge in [-0.15, -0.1) is 11.3 Å². The van der Waals surface area contributed by atoms with Gasteiger partial charge in [0.1, 0.15) is 0 Å². The van der Waals surface area contributed by atoms with Crippen LogP contribution < -0.4 is 10.6 Å². The van der Waals surface area contributed by atoms with Gasteiger partial charge in [-0.25, -0.2) is 4.79 Å². The Morgan fingerprint density at radius 3 is 2.75 bits per heavy atom. The number of ether oxygens (including phenoxy) is 1. The van der Waals surface area contributed by atoms with Gasteiger partial charge in [0.05, 0.1) is 25.1 Å². The van der Waals surface area contributed by atoms with Crippen molar-refractivity contribution in [2.75, 3.05) is 20.2 Å². The summed E-state index contributed by atoms with van der Waals surface area (Å²) in [6.07, 6.45) is 0.109. The predicted octanol–water partition coefficient (Wildman–Crippen LogP) is 1.54. The molecule has 0 radical (unpaired) electrons. The van der Waals surface area contributed by atoms with Crippen LogP contribution in [0.1, 0.15) is 27.2 Å². The maximum atomic E-state index is 12.4. The number of nitrogens with zero attached hydrogens (tertiary/aromatic N) is 1. The number of thiophene rings is 1. The van der Waals surface area contributed by atoms with Crippen molar-refractivity contribution in [2.24, 2.45) is 0 Å². The van der Waals surface area contributed by atoms with Crippen molar-refractivity contribution in [3.63, 3.8) is 0 Å². The number of rotatable bonds is 7. The van der Waals surface area contributed by atoms with Crippen LogP contribution in [0, 0.1) is 0 Å². The Balaban J connectivity index is 1.54. The first-order valence-corrected chi connectivity index (χ1v) is 9.93. The zero-order valence-electron chi connectivity index (χ0n) is 15.6. The third kappa shape index (κ3) is 5.17. The molecule has 1 aromatic carbocycles. The molecule has 1 aromatic heterocycles. The van der Waals surface area contributed by atoms with E-state index in [1.165, 1.54) is 12.0 Å². The van der Waals surface area contributed by atoms with Crippen LogP contribution in [0.2, 0.25) is 0 Å². The highest BCUT2D eigenvalue weighted by atomic mass is 32.1. The van der Waals surface area contributed by atoms with Crippen LogP contribution in [0.5, 0.6) is 0 Å². The summed E-state index contributed by atoms with van der Waals surface area (Å²) in [5.41, 5.74) is 1.32. The lowest BCUT2D eigenvalue weighted by Gasteiger charge is -2.34. The largest absolute Gasteiger partial charge is 0.465 e. The summed E-state index contributed by atoms with van der Waals surface area (Å²) in [4.78, 5) is 39.4. The van der Waals surface area contributed by atoms with Crippen LogP contribution in [0.15, 0.2) is 41.8 Å². The Kier molecular flexibility index (Phi) is 6.78. The van der Waals surface area contributed by atoms with Crippen molar-refractivity contribution in [3.8, 4) is 0 Å². The molecule has 1 fully saturated rings. The molecule has 7 nitrogen and oxygen atoms in total. The minimum absolute atomic E-state index is 0.109. The molecule has 28 heavy (non-hydrogen) atoms. The molecule has 2 heterocycles. The van der Waals surface area contributed by atoms with E-state index in [9.17, 15) is 14.4 Å². The minimum Gasteiger partial charge on any atom is -0.465 e. The number of esters is 1. The lowest BCUT2D eigenvalue weighted by atomic mass is 10.1. The molecule has 1 aliphatic heterocycles. The van der Waals surface area contributed by atoms with Gasteiger partial charge in [0.2, 0.25) is 11.8 Å². The average Bonchev–Trinajstić information content (AvgIpc) is 3.22. The monoisotopic (exact) mass is 401 g/mol. The second-order valence-electron chi connectivity index (χ2n) is 6.53. The lowest BCUT2D eigenvalue weighted by Crippen LogP contribution is -2.56. The number of carbonyl (C=O) groups is 3. The number of carbonyl (C=O) groups excluding carboxylic acids is 3. The first-order chi connectivity index (χ1) is 13.6. The standard InChI is InChI=1S/C20H23N3O4S/c1-27-20(26)15-6-4-14(5-7-15)12-22-18(24)11-17-19(25)21-8-9-23(17)13-16-3-2-10-28-16/h2-7,10,17H,8-9,11-13H2,1H3,(H,21,25)(H,22,24)/t17-/m1/s1. The molecule has 0 bridgehead atoms. The Morgan fingerprint density at radius 1 is 1.29 bits per heavy atom. The van der Waals surface area contributed by atoms with E-state index < -0.39 is 12.0 Å². The summed E-state index contributed by atoms with van der Waals surface area (Å²) in [6, 6.07) is 10.4. The van der Waals surface area contributed by atoms with Crippen LogP contribution in [-0.2, 0) is 27.4 Å². The lowest BCUT2D eigenvalue weighted by molar-refractivity contribution is -0.134. The Morgan fingerprint density at radius 2 is 2.07 bits per heavy atom. The number of hydrogen-bond acceptors (Lipinski definition) is 6. The summed E-state index contributed by atoms with van der Waals surface area (Å²) in [5.74, 6) is -0.694. The van der Waals surface area contributed by atoms with Gasteiger partial charge >= 0.3 is 5.97 Å². The molecular formula is C20H23N3O4S. The van der Waals surface area contributed by atoms with Gasteiger partial charge in [-0.1, -0.05) is 18.2 Å². The zero-order chi connectivity index (χ0) is 19.9. The van der Waals surface area contributed by atoms with Crippen LogP contribution >= 0.6 is 11.3 Å². The van der Waals surface area contributed by atoms with Crippen LogP contribution in [-0.4, -0.2) is 48.9 Å². The normalized spacial score (nSPS) is 17.0. The van der Waals surface area contributed by atoms with Crippen molar-refractivity contribution < 1.29 is 19.1 Å². The van der Waals surface area contributed by atoms with E-state index in [0.29, 0.717) is 25.2 Å². The van der Waals surface area contributed by atoms with Gasteiger partial charge in [0.15, 0.2) is 0 Å². The van der Waals surface area contributed by atoms with Crippen molar-refractivity contribution in [1.82, 2.24) is 15.5 Å². The highest BCUT2D eigenvalue weighted by Crippen LogP contribution is 2.17. The van der Waals surface area contributed by atoms with E-state index in [4.69, 9.17) is 0 Å². The van der Waals surface area contributed by atoms with E-state index >= 15 is 0 Å². The Hall–Kier alpha value is -2.71. The summed E-state index contributed by atoms with van der Waals surface area (Å²) >= 11 is 1.64. The van der Waals surface area contributed by atoms with Crippen molar-refractivity contribution in [3.05, 3.63) is 57.8 Å². The number of piperazine rings is 1. The zero-order valence-corrected chi connectivity index (χ0v) is 16.5. The van der Waals surface area contributed by atoms with Gasteiger partial charge in [0.25, 0.3) is 0 Å². The number of methoxy groups -OCH3 is 1. The van der Waals surface area contributed by atoms with Crippen molar-refractivity contribution >= 4 is 29.1 Å². The summed E-state index contributed by atoms with van der Waals surface area (Å²) in [7, 11) is 1.33. The van der Waals surface area contributed by atoms with E-state index in [0.717, 1.165) is 12.1 Å². The average molecular weight is 401 g/mol. The van der Waals surface area contributed by atoms with Crippen LogP contribution in [0.25, 0.3) is 0 Å². The van der Waals surface area contributed by atoms with E-state index in [-0.39, 0.29) is 18.2 Å². The maximum absolute atomic E-state index is 12.4. The SMILES string of the molecule is COC(=O)c1ccc(CNC(=O)C[C@@H]2C(=O)NCCN2Cc2cccs2)cc1. The second-order valence-corrected chi connectivity index (χ2v) is 7.56. The third-order valence-electron chi connectivity index (χ3n) is 4.62. The van der Waals surface area contributed by atoms with E-state index in [1.54, 1.807) is 35.6 Å². The van der Waals surface area contributed by atoms with E-state index in [2.05, 4.69) is 20.3 Å². The molecule has 0 unspecified atom stereocenters. The van der Waals surface area contributed by atoms with Crippen LogP contribution in [0.4, 0.5) is 0 Å². The molecule has 0 spiro atoms. The van der Waals surface area contributed by atoms with Gasteiger partial charge in [0, 0.05) is 31.1 Å². The molecular weight excluding hydrogens is 378 g/mol. The highest BCUT2D eigenvalue weighted by Gasteiger charge is 2.31. The van der Waals surface area contributed by atoms with Gasteiger partial charge in [-0.2, -0.15) is 0 Å². The first-order valence-electron chi connectivity index (χ1n) is 9.05. The second kappa shape index (κ2) is 9.48. The summed E-state index contributed by atoms with van der Waals surface area (Å²) in [5, 5.41) is 7.70. The van der Waals surface area contributed by atoms with Crippen molar-refractivity contribution in [1.29, 1.82) is 0 Å². The van der Waals surface area contributed by atoms with Gasteiger partial charge in [-0.3, -0.25) is 14.5 Å². The first kappa shape index (κ1) is 20.0. The fourth-order valence-electron chi connectivity index (χ4n) is 3.10. The molecule has 148 valence electrons. The smallest absolute Gasteiger partial charge is 0.337 e. The number of hydrogen-bond donors (Lipinski definition) is 2. The molecule has 2 N–H and O–H groups in total. The molecule has 1 aliphatic rings. The van der Waals surface area contributed by atoms with Crippen molar-refractivity contribution in [2.45, 2.75) is 25.6 Å². The maximum Gasteiger partial charge on any atom is 0.337 e. The van der Waals surface area contributed by atoms with Gasteiger partial charge < -0.3 is 15.4 Å². The molecule has 2 amide bonds. The highest BCUT2D eigenvalue weighted by molar-refractivity contribution is 7.09. The Labute approximate surface area is 167 Å². The summed E-state index contributed by atoms with van der Waals surface area (Å²) < 4.78 is 4.67. The van der Waals surface area contributed by atoms with Gasteiger partial charge in [-0.05, 0) is 29.1 Å². The molecule has 1 atom stereocenters. The molecule has 8 heteroatoms. The predicted molar refractivity (Wildman–Crippen MR) is 106 cm³/mol. The minimum atomic E-state index is -0.474. The number of benzene rings is 1. The fraction of sp³-hybridized carbons (Fsp3) is 0.350. The quantitative estimate of drug-likeness (QED) is 0.688. The molecule has 0 aliphatic carbocycles. The van der Waals surface area contributed by atoms with E-state index in [1.807, 2.05) is 17.5 Å². The topological polar surface area (TPSA) is 87.7 Å². The number of nitrogens with one attached hydrogen (secondary N) is 2. The fourth-order valence-corrected chi connectivity index (χ4v) is 3.83.